The van der Waals surface area contributed by atoms with E-state index in [9.17, 15) is 17.8 Å². The van der Waals surface area contributed by atoms with E-state index < -0.39 is 16.1 Å². The van der Waals surface area contributed by atoms with Crippen LogP contribution in [-0.4, -0.2) is 32.2 Å². The Morgan fingerprint density at radius 2 is 1.58 bits per heavy atom. The molecule has 3 aromatic rings. The van der Waals surface area contributed by atoms with Crippen molar-refractivity contribution in [1.29, 1.82) is 0 Å². The Hall–Kier alpha value is -3.16. The van der Waals surface area contributed by atoms with Crippen molar-refractivity contribution in [1.82, 2.24) is 0 Å². The first-order valence-corrected chi connectivity index (χ1v) is 13.6. The predicted octanol–water partition coefficient (Wildman–Crippen LogP) is 5.24. The van der Waals surface area contributed by atoms with Gasteiger partial charge in [0, 0.05) is 17.8 Å². The number of aryl methyl sites for hydroxylation is 1. The van der Waals surface area contributed by atoms with E-state index in [1.165, 1.54) is 34.4 Å². The highest BCUT2D eigenvalue weighted by atomic mass is 32.2. The van der Waals surface area contributed by atoms with Crippen LogP contribution in [0.5, 0.6) is 5.75 Å². The van der Waals surface area contributed by atoms with Crippen LogP contribution in [0.2, 0.25) is 0 Å². The Kier molecular flexibility index (Phi) is 6.39. The zero-order valence-corrected chi connectivity index (χ0v) is 21.4. The lowest BCUT2D eigenvalue weighted by molar-refractivity contribution is -0.147. The Labute approximate surface area is 212 Å². The number of carbonyl (C=O) groups is 1. The molecule has 0 amide bonds. The predicted molar refractivity (Wildman–Crippen MR) is 134 cm³/mol. The molecule has 0 N–H and O–H groups in total. The molecule has 36 heavy (non-hydrogen) atoms. The third-order valence-electron chi connectivity index (χ3n) is 7.43. The quantitative estimate of drug-likeness (QED) is 0.322. The Morgan fingerprint density at radius 1 is 1.00 bits per heavy atom. The van der Waals surface area contributed by atoms with Crippen LogP contribution < -0.4 is 4.74 Å². The second kappa shape index (κ2) is 9.37. The van der Waals surface area contributed by atoms with Crippen molar-refractivity contribution in [2.24, 2.45) is 5.92 Å². The van der Waals surface area contributed by atoms with E-state index in [2.05, 4.69) is 48.5 Å². The van der Waals surface area contributed by atoms with Gasteiger partial charge in [-0.25, -0.2) is 13.2 Å². The first kappa shape index (κ1) is 24.5. The second-order valence-electron chi connectivity index (χ2n) is 10.0. The highest BCUT2D eigenvalue weighted by Gasteiger charge is 2.43. The van der Waals surface area contributed by atoms with Gasteiger partial charge in [-0.05, 0) is 64.8 Å². The molecule has 7 heteroatoms. The first-order chi connectivity index (χ1) is 17.1. The van der Waals surface area contributed by atoms with Crippen LogP contribution in [0, 0.1) is 12.8 Å². The van der Waals surface area contributed by atoms with Crippen LogP contribution in [0.3, 0.4) is 0 Å². The van der Waals surface area contributed by atoms with Crippen LogP contribution in [0.4, 0.5) is 0 Å². The molecule has 3 aromatic carbocycles. The zero-order chi connectivity index (χ0) is 25.6. The Balaban J connectivity index is 1.28. The molecule has 0 aromatic heterocycles. The molecular formula is C29H29O6S-. The van der Waals surface area contributed by atoms with Crippen molar-refractivity contribution in [3.8, 4) is 5.75 Å². The fourth-order valence-electron chi connectivity index (χ4n) is 5.80. The minimum absolute atomic E-state index is 0.180. The Bertz CT molecular complexity index is 1380. The van der Waals surface area contributed by atoms with Gasteiger partial charge in [-0.3, -0.25) is 0 Å². The zero-order valence-electron chi connectivity index (χ0n) is 20.6. The molecule has 6 rings (SSSR count). The number of esters is 1. The molecule has 3 aliphatic carbocycles. The summed E-state index contributed by atoms with van der Waals surface area (Å²) in [7, 11) is -4.61. The van der Waals surface area contributed by atoms with Crippen molar-refractivity contribution in [2.75, 3.05) is 13.2 Å². The topological polar surface area (TPSA) is 92.7 Å². The van der Waals surface area contributed by atoms with Crippen LogP contribution >= 0.6 is 0 Å². The Morgan fingerprint density at radius 3 is 2.14 bits per heavy atom. The maximum atomic E-state index is 12.6. The molecule has 0 heterocycles. The molecule has 0 spiro atoms. The van der Waals surface area contributed by atoms with Crippen LogP contribution in [0.25, 0.3) is 0 Å². The van der Waals surface area contributed by atoms with Gasteiger partial charge in [0.1, 0.15) is 15.9 Å². The number of rotatable bonds is 7. The van der Waals surface area contributed by atoms with Gasteiger partial charge in [0.15, 0.2) is 6.61 Å². The summed E-state index contributed by atoms with van der Waals surface area (Å²) < 4.78 is 46.4. The molecule has 0 aliphatic heterocycles. The number of carbonyl (C=O) groups excluding carboxylic acids is 1. The normalized spacial score (nSPS) is 20.1. The van der Waals surface area contributed by atoms with Crippen LogP contribution in [-0.2, 0) is 19.6 Å². The molecule has 0 saturated heterocycles. The van der Waals surface area contributed by atoms with E-state index in [0.717, 1.165) is 6.42 Å². The molecule has 0 fully saturated rings. The molecule has 1 atom stereocenters. The molecule has 0 saturated carbocycles. The van der Waals surface area contributed by atoms with Crippen LogP contribution in [0.15, 0.2) is 65.6 Å². The van der Waals surface area contributed by atoms with E-state index >= 15 is 0 Å². The molecule has 2 bridgehead atoms. The van der Waals surface area contributed by atoms with Crippen molar-refractivity contribution in [2.45, 2.75) is 49.8 Å². The number of hydrogen-bond acceptors (Lipinski definition) is 6. The molecule has 3 aliphatic rings. The van der Waals surface area contributed by atoms with Crippen molar-refractivity contribution in [3.63, 3.8) is 0 Å². The number of fused-ring (bicyclic) bond motifs is 1. The monoisotopic (exact) mass is 505 g/mol. The molecular weight excluding hydrogens is 476 g/mol. The van der Waals surface area contributed by atoms with Gasteiger partial charge < -0.3 is 14.0 Å². The number of benzene rings is 3. The SMILES string of the molecule is Cc1cc(S(=O)(=O)[O-])c(C(C)C)cc1OCC(=O)OCC1CC2c3ccccc3C1c1ccccc12. The van der Waals surface area contributed by atoms with Crippen molar-refractivity contribution < 1.29 is 27.2 Å². The fourth-order valence-corrected chi connectivity index (χ4v) is 6.71. The van der Waals surface area contributed by atoms with E-state index in [1.54, 1.807) is 20.8 Å². The summed E-state index contributed by atoms with van der Waals surface area (Å²) in [5.41, 5.74) is 6.21. The summed E-state index contributed by atoms with van der Waals surface area (Å²) >= 11 is 0. The van der Waals surface area contributed by atoms with Gasteiger partial charge >= 0.3 is 5.97 Å². The van der Waals surface area contributed by atoms with Crippen molar-refractivity contribution in [3.05, 3.63) is 94.0 Å². The number of ether oxygens (including phenoxy) is 2. The van der Waals surface area contributed by atoms with Crippen LogP contribution in [0.1, 0.15) is 71.4 Å². The lowest BCUT2D eigenvalue weighted by atomic mass is 9.59. The fraction of sp³-hybridized carbons (Fsp3) is 0.345. The van der Waals surface area contributed by atoms with Gasteiger partial charge in [-0.15, -0.1) is 0 Å². The van der Waals surface area contributed by atoms with Gasteiger partial charge in [-0.2, -0.15) is 0 Å². The maximum Gasteiger partial charge on any atom is 0.344 e. The molecule has 0 radical (unpaired) electrons. The highest BCUT2D eigenvalue weighted by Crippen LogP contribution is 2.55. The van der Waals surface area contributed by atoms with E-state index in [1.807, 2.05) is 0 Å². The molecule has 188 valence electrons. The van der Waals surface area contributed by atoms with E-state index in [0.29, 0.717) is 29.4 Å². The lowest BCUT2D eigenvalue weighted by Gasteiger charge is -2.45. The van der Waals surface area contributed by atoms with Crippen molar-refractivity contribution >= 4 is 16.1 Å². The summed E-state index contributed by atoms with van der Waals surface area (Å²) in [6, 6.07) is 19.9. The summed E-state index contributed by atoms with van der Waals surface area (Å²) in [6.45, 7) is 5.25. The number of hydrogen-bond donors (Lipinski definition) is 0. The first-order valence-electron chi connectivity index (χ1n) is 12.2. The largest absolute Gasteiger partial charge is 0.744 e. The minimum Gasteiger partial charge on any atom is -0.744 e. The van der Waals surface area contributed by atoms with E-state index in [4.69, 9.17) is 9.47 Å². The summed E-state index contributed by atoms with van der Waals surface area (Å²) in [5, 5.41) is 0. The highest BCUT2D eigenvalue weighted by molar-refractivity contribution is 7.85. The molecule has 1 unspecified atom stereocenters. The standard InChI is InChI=1S/C29H30O6S/c1-17(2)24-14-26(18(3)12-27(24)36(31,32)33)34-16-28(30)35-15-19-13-25-20-8-4-6-10-22(20)29(19)23-11-7-5-9-21(23)25/h4-12,14,17,19,25,29H,13,15-16H2,1-3H3,(H,31,32,33)/p-1. The van der Waals surface area contributed by atoms with Gasteiger partial charge in [0.2, 0.25) is 0 Å². The van der Waals surface area contributed by atoms with Gasteiger partial charge in [0.05, 0.1) is 11.5 Å². The third-order valence-corrected chi connectivity index (χ3v) is 8.32. The summed E-state index contributed by atoms with van der Waals surface area (Å²) in [6.07, 6.45) is 0.925. The summed E-state index contributed by atoms with van der Waals surface area (Å²) in [4.78, 5) is 12.4. The third kappa shape index (κ3) is 4.42. The van der Waals surface area contributed by atoms with E-state index in [-0.39, 0.29) is 29.3 Å². The second-order valence-corrected chi connectivity index (χ2v) is 11.4. The maximum absolute atomic E-state index is 12.6. The van der Waals surface area contributed by atoms with Gasteiger partial charge in [-0.1, -0.05) is 62.4 Å². The average molecular weight is 506 g/mol. The molecule has 6 nitrogen and oxygen atoms in total. The average Bonchev–Trinajstić information content (AvgIpc) is 2.86. The smallest absolute Gasteiger partial charge is 0.344 e. The summed E-state index contributed by atoms with van der Waals surface area (Å²) in [5.74, 6) is 0.348. The van der Waals surface area contributed by atoms with Gasteiger partial charge in [0.25, 0.3) is 0 Å². The lowest BCUT2D eigenvalue weighted by Crippen LogP contribution is -2.35. The minimum atomic E-state index is -4.61.